The van der Waals surface area contributed by atoms with Gasteiger partial charge in [-0.25, -0.2) is 4.79 Å². The third kappa shape index (κ3) is 4.27. The van der Waals surface area contributed by atoms with E-state index in [1.54, 1.807) is 0 Å². The van der Waals surface area contributed by atoms with Crippen LogP contribution >= 0.6 is 24.0 Å². The number of ketones is 1. The van der Waals surface area contributed by atoms with Crippen molar-refractivity contribution in [2.45, 2.75) is 33.7 Å². The number of thiocarbonyl (C=S) groups is 1. The topological polar surface area (TPSA) is 90.3 Å². The standard InChI is InChI=1S/C15H24N4O3S2/c1-5-8-19-12(16)11(13(21)17(4)14(19)22)10(20)9-24-15(23)18(6-2)7-3/h5-9,16H2,1-4H3. The van der Waals surface area contributed by atoms with Crippen molar-refractivity contribution in [2.75, 3.05) is 24.6 Å². The van der Waals surface area contributed by atoms with Crippen LogP contribution in [0.3, 0.4) is 0 Å². The molecular weight excluding hydrogens is 348 g/mol. The molecule has 9 heteroatoms. The van der Waals surface area contributed by atoms with Crippen LogP contribution in [0.5, 0.6) is 0 Å². The van der Waals surface area contributed by atoms with Crippen LogP contribution in [-0.4, -0.2) is 43.0 Å². The molecule has 0 bridgehead atoms. The van der Waals surface area contributed by atoms with Crippen molar-refractivity contribution in [1.29, 1.82) is 0 Å². The van der Waals surface area contributed by atoms with Crippen molar-refractivity contribution < 1.29 is 4.79 Å². The smallest absolute Gasteiger partial charge is 0.332 e. The summed E-state index contributed by atoms with van der Waals surface area (Å²) in [5.74, 6) is -0.471. The van der Waals surface area contributed by atoms with E-state index >= 15 is 0 Å². The Hall–Kier alpha value is -1.61. The van der Waals surface area contributed by atoms with Crippen LogP contribution in [0.1, 0.15) is 37.6 Å². The van der Waals surface area contributed by atoms with Gasteiger partial charge in [0.15, 0.2) is 5.78 Å². The van der Waals surface area contributed by atoms with Crippen LogP contribution in [0.25, 0.3) is 0 Å². The van der Waals surface area contributed by atoms with Crippen molar-refractivity contribution in [3.05, 3.63) is 26.4 Å². The van der Waals surface area contributed by atoms with E-state index < -0.39 is 17.0 Å². The first kappa shape index (κ1) is 20.4. The minimum atomic E-state index is -0.663. The molecule has 24 heavy (non-hydrogen) atoms. The van der Waals surface area contributed by atoms with E-state index in [1.165, 1.54) is 23.4 Å². The maximum atomic E-state index is 12.5. The van der Waals surface area contributed by atoms with Gasteiger partial charge in [-0.2, -0.15) is 0 Å². The Morgan fingerprint density at radius 2 is 1.83 bits per heavy atom. The Morgan fingerprint density at radius 1 is 1.25 bits per heavy atom. The summed E-state index contributed by atoms with van der Waals surface area (Å²) in [6.45, 7) is 7.70. The van der Waals surface area contributed by atoms with Crippen LogP contribution in [0.4, 0.5) is 5.82 Å². The van der Waals surface area contributed by atoms with Crippen molar-refractivity contribution >= 4 is 39.9 Å². The molecule has 134 valence electrons. The lowest BCUT2D eigenvalue weighted by atomic mass is 10.2. The molecule has 1 heterocycles. The summed E-state index contributed by atoms with van der Waals surface area (Å²) in [5.41, 5.74) is 4.62. The predicted octanol–water partition coefficient (Wildman–Crippen LogP) is 1.08. The van der Waals surface area contributed by atoms with E-state index in [-0.39, 0.29) is 17.1 Å². The molecular formula is C15H24N4O3S2. The van der Waals surface area contributed by atoms with Crippen molar-refractivity contribution in [1.82, 2.24) is 14.0 Å². The van der Waals surface area contributed by atoms with Crippen LogP contribution in [0.15, 0.2) is 9.59 Å². The number of thioether (sulfide) groups is 1. The summed E-state index contributed by atoms with van der Waals surface area (Å²) in [6, 6.07) is 0. The summed E-state index contributed by atoms with van der Waals surface area (Å²) in [6.07, 6.45) is 0.663. The van der Waals surface area contributed by atoms with Gasteiger partial charge in [-0.1, -0.05) is 30.9 Å². The minimum absolute atomic E-state index is 0.0130. The Kier molecular flexibility index (Phi) is 7.68. The number of nitrogens with two attached hydrogens (primary N) is 1. The molecule has 0 radical (unpaired) electrons. The largest absolute Gasteiger partial charge is 0.384 e. The number of hydrogen-bond donors (Lipinski definition) is 1. The molecule has 7 nitrogen and oxygen atoms in total. The number of Topliss-reactive ketones (excluding diaryl/α,β-unsaturated/α-hetero) is 1. The van der Waals surface area contributed by atoms with Crippen LogP contribution < -0.4 is 17.0 Å². The van der Waals surface area contributed by atoms with E-state index in [2.05, 4.69) is 0 Å². The normalized spacial score (nSPS) is 10.7. The second kappa shape index (κ2) is 9.03. The lowest BCUT2D eigenvalue weighted by Crippen LogP contribution is -2.43. The molecule has 0 atom stereocenters. The number of nitrogen functional groups attached to an aromatic ring is 1. The molecule has 1 rings (SSSR count). The third-order valence-corrected chi connectivity index (χ3v) is 5.18. The van der Waals surface area contributed by atoms with Gasteiger partial charge in [0, 0.05) is 26.7 Å². The van der Waals surface area contributed by atoms with Crippen molar-refractivity contribution in [2.24, 2.45) is 7.05 Å². The van der Waals surface area contributed by atoms with Gasteiger partial charge >= 0.3 is 5.69 Å². The van der Waals surface area contributed by atoms with E-state index in [0.717, 1.165) is 17.7 Å². The zero-order chi connectivity index (χ0) is 18.4. The quantitative estimate of drug-likeness (QED) is 0.566. The number of carbonyl (C=O) groups is 1. The summed E-state index contributed by atoms with van der Waals surface area (Å²) >= 11 is 6.49. The van der Waals surface area contributed by atoms with Crippen molar-refractivity contribution in [3.8, 4) is 0 Å². The molecule has 1 aromatic rings. The van der Waals surface area contributed by atoms with Gasteiger partial charge in [-0.05, 0) is 20.3 Å². The van der Waals surface area contributed by atoms with Gasteiger partial charge in [0.25, 0.3) is 5.56 Å². The Morgan fingerprint density at radius 3 is 2.33 bits per heavy atom. The highest BCUT2D eigenvalue weighted by atomic mass is 32.2. The average molecular weight is 373 g/mol. The summed E-state index contributed by atoms with van der Waals surface area (Å²) in [7, 11) is 1.35. The monoisotopic (exact) mass is 372 g/mol. The van der Waals surface area contributed by atoms with Gasteiger partial charge in [0.05, 0.1) is 5.75 Å². The van der Waals surface area contributed by atoms with Crippen LogP contribution in [0.2, 0.25) is 0 Å². The molecule has 0 saturated heterocycles. The maximum absolute atomic E-state index is 12.5. The van der Waals surface area contributed by atoms with Gasteiger partial charge in [-0.3, -0.25) is 18.7 Å². The highest BCUT2D eigenvalue weighted by Crippen LogP contribution is 2.14. The molecule has 0 unspecified atom stereocenters. The first-order valence-electron chi connectivity index (χ1n) is 7.84. The van der Waals surface area contributed by atoms with Gasteiger partial charge in [0.1, 0.15) is 15.7 Å². The summed E-state index contributed by atoms with van der Waals surface area (Å²) in [4.78, 5) is 38.9. The molecule has 0 aliphatic heterocycles. The highest BCUT2D eigenvalue weighted by Gasteiger charge is 2.22. The fourth-order valence-corrected chi connectivity index (χ4v) is 3.53. The minimum Gasteiger partial charge on any atom is -0.384 e. The molecule has 0 aliphatic rings. The molecule has 0 spiro atoms. The fraction of sp³-hybridized carbons (Fsp3) is 0.600. The number of carbonyl (C=O) groups excluding carboxylic acids is 1. The molecule has 1 aromatic heterocycles. The number of aromatic nitrogens is 2. The SMILES string of the molecule is CCCn1c(N)c(C(=O)CSC(=S)N(CC)CC)c(=O)n(C)c1=O. The molecule has 0 aliphatic carbocycles. The third-order valence-electron chi connectivity index (χ3n) is 3.66. The highest BCUT2D eigenvalue weighted by molar-refractivity contribution is 8.23. The number of hydrogen-bond acceptors (Lipinski definition) is 6. The number of rotatable bonds is 7. The maximum Gasteiger partial charge on any atom is 0.332 e. The lowest BCUT2D eigenvalue weighted by Gasteiger charge is -2.20. The first-order valence-corrected chi connectivity index (χ1v) is 9.23. The molecule has 0 aromatic carbocycles. The Balaban J connectivity index is 3.14. The Bertz CT molecular complexity index is 735. The fourth-order valence-electron chi connectivity index (χ4n) is 2.26. The zero-order valence-corrected chi connectivity index (χ0v) is 16.1. The summed E-state index contributed by atoms with van der Waals surface area (Å²) in [5, 5.41) is 0. The Labute approximate surface area is 150 Å². The number of anilines is 1. The first-order chi connectivity index (χ1) is 11.3. The molecule has 0 fully saturated rings. The van der Waals surface area contributed by atoms with Crippen molar-refractivity contribution in [3.63, 3.8) is 0 Å². The van der Waals surface area contributed by atoms with Gasteiger partial charge in [0.2, 0.25) is 0 Å². The second-order valence-electron chi connectivity index (χ2n) is 5.21. The van der Waals surface area contributed by atoms with E-state index in [9.17, 15) is 14.4 Å². The van der Waals surface area contributed by atoms with Crippen LogP contribution in [-0.2, 0) is 13.6 Å². The average Bonchev–Trinajstić information content (AvgIpc) is 2.56. The van der Waals surface area contributed by atoms with Gasteiger partial charge < -0.3 is 10.6 Å². The van der Waals surface area contributed by atoms with E-state index in [1.807, 2.05) is 25.7 Å². The summed E-state index contributed by atoms with van der Waals surface area (Å²) < 4.78 is 2.79. The lowest BCUT2D eigenvalue weighted by molar-refractivity contribution is 0.102. The van der Waals surface area contributed by atoms with E-state index in [4.69, 9.17) is 18.0 Å². The van der Waals surface area contributed by atoms with Crippen LogP contribution in [0, 0.1) is 0 Å². The molecule has 2 N–H and O–H groups in total. The van der Waals surface area contributed by atoms with Gasteiger partial charge in [-0.15, -0.1) is 0 Å². The zero-order valence-electron chi connectivity index (χ0n) is 14.5. The molecule has 0 saturated carbocycles. The number of nitrogens with zero attached hydrogens (tertiary/aromatic N) is 3. The van der Waals surface area contributed by atoms with E-state index in [0.29, 0.717) is 17.3 Å². The predicted molar refractivity (Wildman–Crippen MR) is 103 cm³/mol. The second-order valence-corrected chi connectivity index (χ2v) is 6.82. The molecule has 0 amide bonds.